The van der Waals surface area contributed by atoms with E-state index in [1.54, 1.807) is 23.6 Å². The lowest BCUT2D eigenvalue weighted by molar-refractivity contribution is 0.474. The van der Waals surface area contributed by atoms with Crippen molar-refractivity contribution in [2.75, 3.05) is 36.0 Å². The van der Waals surface area contributed by atoms with Gasteiger partial charge in [0.2, 0.25) is 17.1 Å². The summed E-state index contributed by atoms with van der Waals surface area (Å²) in [6, 6.07) is 11.4. The first-order chi connectivity index (χ1) is 18.6. The molecule has 4 aromatic rings. The number of hydrogen-bond acceptors (Lipinski definition) is 10. The van der Waals surface area contributed by atoms with Gasteiger partial charge in [-0.25, -0.2) is 4.98 Å². The summed E-state index contributed by atoms with van der Waals surface area (Å²) in [5.41, 5.74) is 2.44. The Balaban J connectivity index is 1.26. The van der Waals surface area contributed by atoms with Gasteiger partial charge in [-0.2, -0.15) is 15.0 Å². The van der Waals surface area contributed by atoms with E-state index in [4.69, 9.17) is 19.9 Å². The Morgan fingerprint density at radius 1 is 0.842 bits per heavy atom. The van der Waals surface area contributed by atoms with Crippen LogP contribution in [0.25, 0.3) is 10.2 Å². The van der Waals surface area contributed by atoms with Crippen LogP contribution < -0.4 is 9.80 Å². The van der Waals surface area contributed by atoms with Crippen molar-refractivity contribution in [1.82, 2.24) is 19.9 Å². The number of aromatic nitrogens is 4. The second-order valence-electron chi connectivity index (χ2n) is 9.51. The zero-order valence-corrected chi connectivity index (χ0v) is 24.7. The van der Waals surface area contributed by atoms with Crippen LogP contribution in [0.1, 0.15) is 44.1 Å². The minimum absolute atomic E-state index is 0.219. The third-order valence-electron chi connectivity index (χ3n) is 6.74. The van der Waals surface area contributed by atoms with E-state index in [-0.39, 0.29) is 5.75 Å². The largest absolute Gasteiger partial charge is 0.507 e. The molecule has 0 spiro atoms. The molecule has 2 aromatic carbocycles. The number of rotatable bonds is 6. The van der Waals surface area contributed by atoms with Crippen molar-refractivity contribution in [1.29, 1.82) is 0 Å². The Bertz CT molecular complexity index is 1430. The van der Waals surface area contributed by atoms with Crippen LogP contribution in [0.3, 0.4) is 0 Å². The number of benzene rings is 2. The molecule has 0 bridgehead atoms. The van der Waals surface area contributed by atoms with Crippen molar-refractivity contribution in [2.45, 2.75) is 48.0 Å². The highest BCUT2D eigenvalue weighted by molar-refractivity contribution is 14.1. The maximum absolute atomic E-state index is 10.1. The van der Waals surface area contributed by atoms with Crippen molar-refractivity contribution in [2.24, 2.45) is 4.99 Å². The molecule has 38 heavy (non-hydrogen) atoms. The molecule has 11 heteroatoms. The molecule has 6 rings (SSSR count). The number of piperidine rings is 2. The fourth-order valence-corrected chi connectivity index (χ4v) is 7.18. The molecular weight excluding hydrogens is 629 g/mol. The molecule has 1 N–H and O–H groups in total. The summed E-state index contributed by atoms with van der Waals surface area (Å²) in [7, 11) is 0. The smallest absolute Gasteiger partial charge is 0.231 e. The number of phenolic OH excluding ortho intramolecular Hbond substituents is 1. The Hall–Kier alpha value is -2.51. The number of halogens is 1. The Labute approximate surface area is 243 Å². The lowest BCUT2D eigenvalue weighted by Crippen LogP contribution is -2.34. The predicted molar refractivity (Wildman–Crippen MR) is 164 cm³/mol. The van der Waals surface area contributed by atoms with Crippen LogP contribution in [0.2, 0.25) is 0 Å². The molecule has 0 aliphatic carbocycles. The standard InChI is InChI=1S/C27H28IN7OS2/c28-19-7-10-22(36)18(15-19)17-29-20-8-9-21-23(16-20)37-27(30-21)38-26-32-24(34-11-3-1-4-12-34)31-25(33-26)35-13-5-2-6-14-35/h7-10,15-17,36H,1-6,11-14H2. The van der Waals surface area contributed by atoms with E-state index >= 15 is 0 Å². The molecule has 8 nitrogen and oxygen atoms in total. The Kier molecular flexibility index (Phi) is 7.93. The van der Waals surface area contributed by atoms with Crippen LogP contribution in [0.15, 0.2) is 50.9 Å². The van der Waals surface area contributed by atoms with Crippen LogP contribution in [0.5, 0.6) is 5.75 Å². The van der Waals surface area contributed by atoms with Gasteiger partial charge in [0.25, 0.3) is 0 Å². The maximum Gasteiger partial charge on any atom is 0.231 e. The summed E-state index contributed by atoms with van der Waals surface area (Å²) in [5, 5.41) is 10.8. The van der Waals surface area contributed by atoms with Crippen molar-refractivity contribution in [3.63, 3.8) is 0 Å². The Morgan fingerprint density at radius 3 is 2.21 bits per heavy atom. The Morgan fingerprint density at radius 2 is 1.53 bits per heavy atom. The highest BCUT2D eigenvalue weighted by Crippen LogP contribution is 2.36. The van der Waals surface area contributed by atoms with Crippen LogP contribution in [-0.4, -0.2) is 57.4 Å². The van der Waals surface area contributed by atoms with Crippen LogP contribution in [-0.2, 0) is 0 Å². The first kappa shape index (κ1) is 25.8. The molecule has 2 saturated heterocycles. The molecule has 0 saturated carbocycles. The molecule has 2 fully saturated rings. The quantitative estimate of drug-likeness (QED) is 0.182. The lowest BCUT2D eigenvalue weighted by Gasteiger charge is -2.30. The zero-order chi connectivity index (χ0) is 25.9. The van der Waals surface area contributed by atoms with Crippen LogP contribution >= 0.6 is 45.7 Å². The number of nitrogens with zero attached hydrogens (tertiary/aromatic N) is 7. The molecule has 2 aliphatic rings. The molecule has 4 heterocycles. The van der Waals surface area contributed by atoms with Crippen molar-refractivity contribution >= 4 is 79.7 Å². The molecular formula is C27H28IN7OS2. The number of thiazole rings is 1. The highest BCUT2D eigenvalue weighted by atomic mass is 127. The van der Waals surface area contributed by atoms with Gasteiger partial charge in [0.15, 0.2) is 4.34 Å². The van der Waals surface area contributed by atoms with Gasteiger partial charge in [0.05, 0.1) is 15.9 Å². The average Bonchev–Trinajstić information content (AvgIpc) is 3.35. The van der Waals surface area contributed by atoms with Gasteiger partial charge < -0.3 is 14.9 Å². The van der Waals surface area contributed by atoms with E-state index in [1.807, 2.05) is 30.3 Å². The van der Waals surface area contributed by atoms with Crippen molar-refractivity contribution in [3.8, 4) is 5.75 Å². The van der Waals surface area contributed by atoms with Gasteiger partial charge >= 0.3 is 0 Å². The second kappa shape index (κ2) is 11.7. The van der Waals surface area contributed by atoms with E-state index < -0.39 is 0 Å². The minimum atomic E-state index is 0.219. The number of aromatic hydroxyl groups is 1. The van der Waals surface area contributed by atoms with E-state index in [1.165, 1.54) is 50.3 Å². The first-order valence-electron chi connectivity index (χ1n) is 13.0. The summed E-state index contributed by atoms with van der Waals surface area (Å²) in [4.78, 5) is 28.7. The van der Waals surface area contributed by atoms with Gasteiger partial charge in [0.1, 0.15) is 5.75 Å². The van der Waals surface area contributed by atoms with E-state index in [9.17, 15) is 5.11 Å². The van der Waals surface area contributed by atoms with Gasteiger partial charge in [0, 0.05) is 41.5 Å². The van der Waals surface area contributed by atoms with Crippen LogP contribution in [0, 0.1) is 3.57 Å². The zero-order valence-electron chi connectivity index (χ0n) is 20.9. The lowest BCUT2D eigenvalue weighted by atomic mass is 10.1. The molecule has 0 amide bonds. The number of anilines is 2. The minimum Gasteiger partial charge on any atom is -0.507 e. The molecule has 0 unspecified atom stereocenters. The normalized spacial score (nSPS) is 16.6. The molecule has 0 radical (unpaired) electrons. The van der Waals surface area contributed by atoms with E-state index in [2.05, 4.69) is 37.4 Å². The summed E-state index contributed by atoms with van der Waals surface area (Å²) in [6.45, 7) is 3.99. The molecule has 196 valence electrons. The van der Waals surface area contributed by atoms with E-state index in [0.717, 1.165) is 61.9 Å². The summed E-state index contributed by atoms with van der Waals surface area (Å²) >= 11 is 5.35. The average molecular weight is 658 g/mol. The summed E-state index contributed by atoms with van der Waals surface area (Å²) in [6.07, 6.45) is 8.96. The van der Waals surface area contributed by atoms with Crippen molar-refractivity contribution < 1.29 is 5.11 Å². The summed E-state index contributed by atoms with van der Waals surface area (Å²) in [5.74, 6) is 1.80. The van der Waals surface area contributed by atoms with Gasteiger partial charge in [-0.3, -0.25) is 4.99 Å². The molecule has 0 atom stereocenters. The second-order valence-corrected chi connectivity index (χ2v) is 13.0. The van der Waals surface area contributed by atoms with Crippen LogP contribution in [0.4, 0.5) is 17.6 Å². The monoisotopic (exact) mass is 657 g/mol. The topological polar surface area (TPSA) is 90.6 Å². The number of aliphatic imine (C=N–C) groups is 1. The van der Waals surface area contributed by atoms with Crippen molar-refractivity contribution in [3.05, 3.63) is 45.5 Å². The number of hydrogen-bond donors (Lipinski definition) is 1. The molecule has 2 aliphatic heterocycles. The highest BCUT2D eigenvalue weighted by Gasteiger charge is 2.21. The summed E-state index contributed by atoms with van der Waals surface area (Å²) < 4.78 is 3.00. The first-order valence-corrected chi connectivity index (χ1v) is 15.7. The predicted octanol–water partition coefficient (Wildman–Crippen LogP) is 6.67. The van der Waals surface area contributed by atoms with E-state index in [0.29, 0.717) is 10.7 Å². The maximum atomic E-state index is 10.1. The number of fused-ring (bicyclic) bond motifs is 1. The number of phenols is 1. The van der Waals surface area contributed by atoms with Gasteiger partial charge in [-0.1, -0.05) is 0 Å². The SMILES string of the molecule is Oc1ccc(I)cc1C=Nc1ccc2nc(Sc3nc(N4CCCCC4)nc(N4CCCCC4)n3)sc2c1. The fourth-order valence-electron chi connectivity index (χ4n) is 4.72. The van der Waals surface area contributed by atoms with Gasteiger partial charge in [-0.15, -0.1) is 11.3 Å². The third kappa shape index (κ3) is 6.04. The fraction of sp³-hybridized carbons (Fsp3) is 0.370. The third-order valence-corrected chi connectivity index (χ3v) is 9.36. The molecule has 2 aromatic heterocycles. The van der Waals surface area contributed by atoms with Gasteiger partial charge in [-0.05, 0) is 109 Å².